The summed E-state index contributed by atoms with van der Waals surface area (Å²) in [5.41, 5.74) is 2.02. The van der Waals surface area contributed by atoms with Crippen LogP contribution < -0.4 is 26.6 Å². The third kappa shape index (κ3) is 6.36. The van der Waals surface area contributed by atoms with Crippen molar-refractivity contribution in [2.75, 3.05) is 12.4 Å². The molecule has 9 heteroatoms. The van der Waals surface area contributed by atoms with Gasteiger partial charge in [0.1, 0.15) is 12.3 Å². The minimum atomic E-state index is -0.598. The monoisotopic (exact) mass is 514 g/mol. The molecule has 0 aliphatic heterocycles. The second-order valence-corrected chi connectivity index (χ2v) is 8.99. The van der Waals surface area contributed by atoms with Crippen LogP contribution in [0, 0.1) is 6.92 Å². The van der Waals surface area contributed by atoms with E-state index < -0.39 is 17.2 Å². The molecular weight excluding hydrogens is 484 g/mol. The van der Waals surface area contributed by atoms with Crippen LogP contribution in [-0.2, 0) is 29.2 Å². The molecule has 1 heterocycles. The molecular formula is C29H30N4O5. The molecule has 0 saturated carbocycles. The number of hydrogen-bond donors (Lipinski definition) is 2. The quantitative estimate of drug-likeness (QED) is 0.338. The summed E-state index contributed by atoms with van der Waals surface area (Å²) in [4.78, 5) is 51.5. The zero-order valence-electron chi connectivity index (χ0n) is 21.4. The van der Waals surface area contributed by atoms with E-state index in [9.17, 15) is 19.2 Å². The maximum absolute atomic E-state index is 13.3. The van der Waals surface area contributed by atoms with Gasteiger partial charge in [-0.15, -0.1) is 0 Å². The van der Waals surface area contributed by atoms with Crippen molar-refractivity contribution in [2.45, 2.75) is 39.4 Å². The topological polar surface area (TPSA) is 111 Å². The van der Waals surface area contributed by atoms with Crippen molar-refractivity contribution in [3.63, 3.8) is 0 Å². The summed E-state index contributed by atoms with van der Waals surface area (Å²) in [5, 5.41) is 5.95. The average molecular weight is 515 g/mol. The molecule has 1 aromatic heterocycles. The van der Waals surface area contributed by atoms with Gasteiger partial charge in [-0.1, -0.05) is 42.0 Å². The van der Waals surface area contributed by atoms with Crippen molar-refractivity contribution < 1.29 is 14.3 Å². The molecule has 4 rings (SSSR count). The van der Waals surface area contributed by atoms with Gasteiger partial charge in [0.15, 0.2) is 0 Å². The molecule has 196 valence electrons. The number of amides is 2. The number of methoxy groups -OCH3 is 1. The molecule has 0 bridgehead atoms. The van der Waals surface area contributed by atoms with Crippen molar-refractivity contribution in [3.8, 4) is 5.75 Å². The Kier molecular flexibility index (Phi) is 8.37. The zero-order valence-corrected chi connectivity index (χ0v) is 21.4. The molecule has 0 radical (unpaired) electrons. The summed E-state index contributed by atoms with van der Waals surface area (Å²) in [6.45, 7) is 2.19. The third-order valence-corrected chi connectivity index (χ3v) is 6.20. The van der Waals surface area contributed by atoms with Crippen LogP contribution in [0.4, 0.5) is 5.69 Å². The first-order valence-corrected chi connectivity index (χ1v) is 12.3. The number of aromatic nitrogens is 2. The van der Waals surface area contributed by atoms with Gasteiger partial charge < -0.3 is 15.4 Å². The Morgan fingerprint density at radius 3 is 2.29 bits per heavy atom. The number of nitrogens with zero attached hydrogens (tertiary/aromatic N) is 2. The van der Waals surface area contributed by atoms with Gasteiger partial charge in [0.25, 0.3) is 5.56 Å². The molecule has 2 amide bonds. The summed E-state index contributed by atoms with van der Waals surface area (Å²) in [7, 11) is 1.55. The molecule has 4 aromatic rings. The van der Waals surface area contributed by atoms with Crippen molar-refractivity contribution in [1.29, 1.82) is 0 Å². The zero-order chi connectivity index (χ0) is 27.1. The van der Waals surface area contributed by atoms with E-state index in [4.69, 9.17) is 4.74 Å². The highest BCUT2D eigenvalue weighted by Gasteiger charge is 2.16. The van der Waals surface area contributed by atoms with Gasteiger partial charge in [-0.2, -0.15) is 0 Å². The minimum absolute atomic E-state index is 0.0561. The summed E-state index contributed by atoms with van der Waals surface area (Å²) in [5.74, 6) is 0.0721. The second-order valence-electron chi connectivity index (χ2n) is 8.99. The molecule has 9 nitrogen and oxygen atoms in total. The van der Waals surface area contributed by atoms with Crippen molar-refractivity contribution in [1.82, 2.24) is 14.5 Å². The molecule has 0 fully saturated rings. The van der Waals surface area contributed by atoms with Crippen LogP contribution in [0.2, 0.25) is 0 Å². The predicted molar refractivity (Wildman–Crippen MR) is 146 cm³/mol. The maximum atomic E-state index is 13.3. The first kappa shape index (κ1) is 26.4. The lowest BCUT2D eigenvalue weighted by Gasteiger charge is -2.14. The van der Waals surface area contributed by atoms with Crippen LogP contribution in [-0.4, -0.2) is 28.1 Å². The molecule has 0 spiro atoms. The number of nitrogens with one attached hydrogen (secondary N) is 2. The van der Waals surface area contributed by atoms with Gasteiger partial charge in [0.2, 0.25) is 11.8 Å². The SMILES string of the molecule is COc1ccc(NC(=O)Cn2c(=O)n(CCCC(=O)NCc3ccc(C)cc3)c(=O)c3ccccc32)cc1. The largest absolute Gasteiger partial charge is 0.497 e. The second kappa shape index (κ2) is 12.1. The highest BCUT2D eigenvalue weighted by atomic mass is 16.5. The summed E-state index contributed by atoms with van der Waals surface area (Å²) in [6.07, 6.45) is 0.452. The highest BCUT2D eigenvalue weighted by Crippen LogP contribution is 2.15. The predicted octanol–water partition coefficient (Wildman–Crippen LogP) is 3.22. The number of rotatable bonds is 10. The molecule has 38 heavy (non-hydrogen) atoms. The molecule has 2 N–H and O–H groups in total. The van der Waals surface area contributed by atoms with Crippen LogP contribution in [0.1, 0.15) is 24.0 Å². The molecule has 0 aliphatic carbocycles. The fourth-order valence-electron chi connectivity index (χ4n) is 4.13. The fourth-order valence-corrected chi connectivity index (χ4v) is 4.13. The summed E-state index contributed by atoms with van der Waals surface area (Å²) in [6, 6.07) is 21.4. The van der Waals surface area contributed by atoms with Crippen LogP contribution in [0.3, 0.4) is 0 Å². The smallest absolute Gasteiger partial charge is 0.331 e. The van der Waals surface area contributed by atoms with Crippen LogP contribution in [0.15, 0.2) is 82.4 Å². The van der Waals surface area contributed by atoms with E-state index >= 15 is 0 Å². The average Bonchev–Trinajstić information content (AvgIpc) is 2.93. The number of hydrogen-bond acceptors (Lipinski definition) is 5. The van der Waals surface area contributed by atoms with Crippen molar-refractivity contribution in [2.24, 2.45) is 0 Å². The van der Waals surface area contributed by atoms with E-state index in [1.165, 1.54) is 4.57 Å². The summed E-state index contributed by atoms with van der Waals surface area (Å²) < 4.78 is 7.51. The Hall–Kier alpha value is -4.66. The third-order valence-electron chi connectivity index (χ3n) is 6.20. The number of para-hydroxylation sites is 1. The fraction of sp³-hybridized carbons (Fsp3) is 0.241. The van der Waals surface area contributed by atoms with Gasteiger partial charge in [-0.3, -0.25) is 23.5 Å². The van der Waals surface area contributed by atoms with Gasteiger partial charge >= 0.3 is 5.69 Å². The Morgan fingerprint density at radius 2 is 1.58 bits per heavy atom. The van der Waals surface area contributed by atoms with Gasteiger partial charge in [-0.25, -0.2) is 4.79 Å². The Labute approximate surface area is 219 Å². The van der Waals surface area contributed by atoms with E-state index in [0.717, 1.165) is 15.7 Å². The lowest BCUT2D eigenvalue weighted by molar-refractivity contribution is -0.121. The van der Waals surface area contributed by atoms with Crippen molar-refractivity contribution >= 4 is 28.4 Å². The molecule has 0 atom stereocenters. The van der Waals surface area contributed by atoms with Crippen molar-refractivity contribution in [3.05, 3.63) is 105 Å². The number of carbonyl (C=O) groups is 2. The number of aryl methyl sites for hydroxylation is 1. The summed E-state index contributed by atoms with van der Waals surface area (Å²) >= 11 is 0. The molecule has 0 saturated heterocycles. The normalized spacial score (nSPS) is 10.8. The van der Waals surface area contributed by atoms with Gasteiger partial charge in [-0.05, 0) is 55.3 Å². The highest BCUT2D eigenvalue weighted by molar-refractivity contribution is 5.91. The number of ether oxygens (including phenoxy) is 1. The van der Waals surface area contributed by atoms with Gasteiger partial charge in [0.05, 0.1) is 18.0 Å². The minimum Gasteiger partial charge on any atom is -0.497 e. The van der Waals surface area contributed by atoms with Crippen LogP contribution in [0.5, 0.6) is 5.75 Å². The standard InChI is InChI=1S/C29H30N4O5/c1-20-9-11-21(12-10-20)18-30-26(34)8-5-17-32-28(36)24-6-3-4-7-25(24)33(29(32)37)19-27(35)31-22-13-15-23(38-2)16-14-22/h3-4,6-7,9-16H,5,8,17-19H2,1-2H3,(H,30,34)(H,31,35). The molecule has 0 unspecified atom stereocenters. The first-order chi connectivity index (χ1) is 18.4. The maximum Gasteiger partial charge on any atom is 0.331 e. The number of anilines is 1. The Bertz CT molecular complexity index is 1550. The Morgan fingerprint density at radius 1 is 0.868 bits per heavy atom. The van der Waals surface area contributed by atoms with E-state index in [2.05, 4.69) is 10.6 Å². The molecule has 0 aliphatic rings. The van der Waals surface area contributed by atoms with Crippen LogP contribution in [0.25, 0.3) is 10.9 Å². The first-order valence-electron chi connectivity index (χ1n) is 12.3. The van der Waals surface area contributed by atoms with Crippen LogP contribution >= 0.6 is 0 Å². The lowest BCUT2D eigenvalue weighted by atomic mass is 10.1. The number of fused-ring (bicyclic) bond motifs is 1. The molecule has 3 aromatic carbocycles. The van der Waals surface area contributed by atoms with Gasteiger partial charge in [0, 0.05) is 25.2 Å². The Balaban J connectivity index is 1.46. The van der Waals surface area contributed by atoms with E-state index in [0.29, 0.717) is 35.3 Å². The van der Waals surface area contributed by atoms with E-state index in [-0.39, 0.29) is 25.4 Å². The lowest BCUT2D eigenvalue weighted by Crippen LogP contribution is -2.42. The van der Waals surface area contributed by atoms with E-state index in [1.807, 2.05) is 31.2 Å². The van der Waals surface area contributed by atoms with E-state index in [1.54, 1.807) is 55.6 Å². The number of benzene rings is 3. The number of carbonyl (C=O) groups excluding carboxylic acids is 2.